The second-order valence-corrected chi connectivity index (χ2v) is 7.72. The highest BCUT2D eigenvalue weighted by Crippen LogP contribution is 2.41. The molecule has 0 saturated carbocycles. The third-order valence-electron chi connectivity index (χ3n) is 3.40. The normalized spacial score (nSPS) is 12.6. The Morgan fingerprint density at radius 1 is 1.14 bits per heavy atom. The molecule has 116 valence electrons. The Labute approximate surface area is 136 Å². The summed E-state index contributed by atoms with van der Waals surface area (Å²) in [6, 6.07) is 3.62. The molecule has 4 heteroatoms. The summed E-state index contributed by atoms with van der Waals surface area (Å²) in [5, 5.41) is 5.68. The Morgan fingerprint density at radius 3 is 2.33 bits per heavy atom. The van der Waals surface area contributed by atoms with Crippen molar-refractivity contribution in [2.75, 3.05) is 6.54 Å². The summed E-state index contributed by atoms with van der Waals surface area (Å²) in [5.74, 6) is 1.52. The van der Waals surface area contributed by atoms with E-state index in [2.05, 4.69) is 39.9 Å². The van der Waals surface area contributed by atoms with Gasteiger partial charge < -0.3 is 9.73 Å². The van der Waals surface area contributed by atoms with E-state index >= 15 is 0 Å². The van der Waals surface area contributed by atoms with Crippen molar-refractivity contribution in [3.05, 3.63) is 33.5 Å². The number of nitrogens with one attached hydrogen (secondary N) is 1. The van der Waals surface area contributed by atoms with Crippen LogP contribution in [0.2, 0.25) is 10.0 Å². The van der Waals surface area contributed by atoms with Gasteiger partial charge in [-0.2, -0.15) is 0 Å². The molecule has 1 aromatic heterocycles. The maximum Gasteiger partial charge on any atom is 0.154 e. The van der Waals surface area contributed by atoms with Gasteiger partial charge in [0.1, 0.15) is 5.76 Å². The number of hydrogen-bond acceptors (Lipinski definition) is 2. The third-order valence-corrected chi connectivity index (χ3v) is 4.01. The third kappa shape index (κ3) is 3.56. The van der Waals surface area contributed by atoms with Crippen molar-refractivity contribution in [1.82, 2.24) is 5.32 Å². The highest BCUT2D eigenvalue weighted by Gasteiger charge is 2.27. The van der Waals surface area contributed by atoms with Gasteiger partial charge in [0.2, 0.25) is 0 Å². The first-order valence-corrected chi connectivity index (χ1v) is 8.08. The van der Waals surface area contributed by atoms with Gasteiger partial charge in [-0.15, -0.1) is 0 Å². The van der Waals surface area contributed by atoms with Gasteiger partial charge in [-0.1, -0.05) is 57.8 Å². The molecule has 0 atom stereocenters. The lowest BCUT2D eigenvalue weighted by atomic mass is 9.84. The molecule has 0 amide bonds. The van der Waals surface area contributed by atoms with Gasteiger partial charge in [-0.25, -0.2) is 0 Å². The molecule has 2 rings (SSSR count). The summed E-state index contributed by atoms with van der Waals surface area (Å²) in [5.41, 5.74) is 1.77. The van der Waals surface area contributed by atoms with Crippen LogP contribution in [0.25, 0.3) is 11.0 Å². The van der Waals surface area contributed by atoms with Gasteiger partial charge in [0.25, 0.3) is 0 Å². The number of rotatable bonds is 4. The van der Waals surface area contributed by atoms with E-state index in [9.17, 15) is 0 Å². The molecule has 0 saturated heterocycles. The van der Waals surface area contributed by atoms with Crippen LogP contribution < -0.4 is 5.32 Å². The molecule has 2 nitrogen and oxygen atoms in total. The fourth-order valence-electron chi connectivity index (χ4n) is 2.57. The Hall–Kier alpha value is -0.700. The van der Waals surface area contributed by atoms with Crippen LogP contribution in [-0.2, 0) is 12.0 Å². The van der Waals surface area contributed by atoms with Gasteiger partial charge in [-0.3, -0.25) is 0 Å². The Balaban J connectivity index is 2.54. The molecule has 21 heavy (non-hydrogen) atoms. The summed E-state index contributed by atoms with van der Waals surface area (Å²) in [4.78, 5) is 0. The minimum atomic E-state index is -0.0611. The molecule has 0 bridgehead atoms. The van der Waals surface area contributed by atoms with Crippen LogP contribution in [0, 0.1) is 5.92 Å². The predicted molar refractivity (Wildman–Crippen MR) is 91.5 cm³/mol. The number of halogens is 2. The highest BCUT2D eigenvalue weighted by molar-refractivity contribution is 6.40. The van der Waals surface area contributed by atoms with E-state index in [0.29, 0.717) is 28.1 Å². The van der Waals surface area contributed by atoms with E-state index < -0.39 is 0 Å². The number of furan rings is 1. The van der Waals surface area contributed by atoms with E-state index in [-0.39, 0.29) is 5.41 Å². The molecule has 0 aliphatic rings. The van der Waals surface area contributed by atoms with Crippen LogP contribution in [-0.4, -0.2) is 6.54 Å². The molecule has 0 fully saturated rings. The quantitative estimate of drug-likeness (QED) is 0.769. The lowest BCUT2D eigenvalue weighted by Crippen LogP contribution is -2.21. The average molecular weight is 328 g/mol. The fourth-order valence-corrected chi connectivity index (χ4v) is 3.01. The summed E-state index contributed by atoms with van der Waals surface area (Å²) >= 11 is 12.7. The lowest BCUT2D eigenvalue weighted by molar-refractivity contribution is 0.464. The smallest absolute Gasteiger partial charge is 0.154 e. The average Bonchev–Trinajstić information content (AvgIpc) is 2.74. The second-order valence-electron chi connectivity index (χ2n) is 6.91. The molecule has 2 aromatic rings. The zero-order valence-electron chi connectivity index (χ0n) is 13.3. The monoisotopic (exact) mass is 327 g/mol. The maximum atomic E-state index is 6.40. The van der Waals surface area contributed by atoms with Crippen LogP contribution in [0.1, 0.15) is 45.9 Å². The van der Waals surface area contributed by atoms with Crippen molar-refractivity contribution in [3.8, 4) is 0 Å². The predicted octanol–water partition coefficient (Wildman–Crippen LogP) is 5.78. The molecule has 0 aliphatic heterocycles. The molecular weight excluding hydrogens is 305 g/mol. The standard InChI is InChI=1S/C17H23Cl2NO/c1-10(2)8-20-9-13-15(17(3,4)5)14-11(18)6-7-12(19)16(14)21-13/h6-7,10,20H,8-9H2,1-5H3. The molecule has 0 unspecified atom stereocenters. The Kier molecular flexibility index (Phi) is 4.92. The second kappa shape index (κ2) is 6.20. The topological polar surface area (TPSA) is 25.2 Å². The zero-order chi connectivity index (χ0) is 15.8. The summed E-state index contributed by atoms with van der Waals surface area (Å²) < 4.78 is 6.04. The van der Waals surface area contributed by atoms with E-state index in [4.69, 9.17) is 27.6 Å². The summed E-state index contributed by atoms with van der Waals surface area (Å²) in [7, 11) is 0. The SMILES string of the molecule is CC(C)CNCc1oc2c(Cl)ccc(Cl)c2c1C(C)(C)C. The molecular formula is C17H23Cl2NO. The van der Waals surface area contributed by atoms with E-state index in [1.54, 1.807) is 6.07 Å². The molecule has 1 heterocycles. The number of hydrogen-bond donors (Lipinski definition) is 1. The van der Waals surface area contributed by atoms with Crippen LogP contribution >= 0.6 is 23.2 Å². The maximum absolute atomic E-state index is 6.40. The first kappa shape index (κ1) is 16.7. The van der Waals surface area contributed by atoms with Crippen molar-refractivity contribution in [3.63, 3.8) is 0 Å². The van der Waals surface area contributed by atoms with Crippen LogP contribution in [0.5, 0.6) is 0 Å². The Morgan fingerprint density at radius 2 is 1.76 bits per heavy atom. The van der Waals surface area contributed by atoms with Gasteiger partial charge >= 0.3 is 0 Å². The van der Waals surface area contributed by atoms with Crippen LogP contribution in [0.15, 0.2) is 16.5 Å². The molecule has 0 spiro atoms. The minimum Gasteiger partial charge on any atom is -0.458 e. The molecule has 0 radical (unpaired) electrons. The van der Waals surface area contributed by atoms with Crippen molar-refractivity contribution in [2.24, 2.45) is 5.92 Å². The first-order valence-electron chi connectivity index (χ1n) is 7.32. The number of benzene rings is 1. The zero-order valence-corrected chi connectivity index (χ0v) is 14.8. The van der Waals surface area contributed by atoms with Crippen LogP contribution in [0.3, 0.4) is 0 Å². The number of fused-ring (bicyclic) bond motifs is 1. The minimum absolute atomic E-state index is 0.0611. The van der Waals surface area contributed by atoms with E-state index in [0.717, 1.165) is 23.3 Å². The molecule has 1 N–H and O–H groups in total. The molecule has 1 aromatic carbocycles. The van der Waals surface area contributed by atoms with Gasteiger partial charge in [0.15, 0.2) is 5.58 Å². The molecule has 0 aliphatic carbocycles. The van der Waals surface area contributed by atoms with E-state index in [1.807, 2.05) is 6.07 Å². The largest absolute Gasteiger partial charge is 0.458 e. The first-order chi connectivity index (χ1) is 9.71. The Bertz CT molecular complexity index is 638. The van der Waals surface area contributed by atoms with Crippen molar-refractivity contribution in [2.45, 2.75) is 46.6 Å². The van der Waals surface area contributed by atoms with Gasteiger partial charge in [0.05, 0.1) is 16.6 Å². The summed E-state index contributed by atoms with van der Waals surface area (Å²) in [6.07, 6.45) is 0. The van der Waals surface area contributed by atoms with Gasteiger partial charge in [-0.05, 0) is 30.0 Å². The van der Waals surface area contributed by atoms with E-state index in [1.165, 1.54) is 0 Å². The van der Waals surface area contributed by atoms with Crippen molar-refractivity contribution >= 4 is 34.2 Å². The van der Waals surface area contributed by atoms with Gasteiger partial charge in [0, 0.05) is 10.9 Å². The lowest BCUT2D eigenvalue weighted by Gasteiger charge is -2.20. The summed E-state index contributed by atoms with van der Waals surface area (Å²) in [6.45, 7) is 12.5. The fraction of sp³-hybridized carbons (Fsp3) is 0.529. The van der Waals surface area contributed by atoms with Crippen LogP contribution in [0.4, 0.5) is 0 Å². The highest BCUT2D eigenvalue weighted by atomic mass is 35.5. The van der Waals surface area contributed by atoms with Crippen molar-refractivity contribution in [1.29, 1.82) is 0 Å². The van der Waals surface area contributed by atoms with Crippen molar-refractivity contribution < 1.29 is 4.42 Å².